The number of anilines is 1. The summed E-state index contributed by atoms with van der Waals surface area (Å²) in [6, 6.07) is 5.44. The van der Waals surface area contributed by atoms with Crippen molar-refractivity contribution in [3.8, 4) is 0 Å². The number of nitrogens with one attached hydrogen (secondary N) is 1. The molecule has 0 aliphatic rings. The van der Waals surface area contributed by atoms with E-state index in [1.165, 1.54) is 0 Å². The monoisotopic (exact) mass is 284 g/mol. The van der Waals surface area contributed by atoms with Crippen LogP contribution in [0.3, 0.4) is 0 Å². The van der Waals surface area contributed by atoms with Gasteiger partial charge in [-0.05, 0) is 31.9 Å². The lowest BCUT2D eigenvalue weighted by atomic mass is 9.86. The van der Waals surface area contributed by atoms with E-state index in [4.69, 9.17) is 29.6 Å². The van der Waals surface area contributed by atoms with Crippen molar-refractivity contribution in [3.05, 3.63) is 28.8 Å². The Labute approximate surface area is 118 Å². The maximum absolute atomic E-state index is 12.3. The van der Waals surface area contributed by atoms with Crippen LogP contribution in [0, 0.1) is 12.3 Å². The zero-order valence-electron chi connectivity index (χ0n) is 10.7. The summed E-state index contributed by atoms with van der Waals surface area (Å²) in [6.45, 7) is 5.49. The third-order valence-corrected chi connectivity index (χ3v) is 3.98. The van der Waals surface area contributed by atoms with Gasteiger partial charge >= 0.3 is 0 Å². The first-order chi connectivity index (χ1) is 8.32. The quantitative estimate of drug-likeness (QED) is 0.834. The Morgan fingerprint density at radius 2 is 2.17 bits per heavy atom. The number of amides is 1. The van der Waals surface area contributed by atoms with Crippen LogP contribution >= 0.6 is 23.8 Å². The van der Waals surface area contributed by atoms with E-state index in [1.807, 2.05) is 26.0 Å². The van der Waals surface area contributed by atoms with E-state index in [1.54, 1.807) is 13.0 Å². The van der Waals surface area contributed by atoms with Crippen LogP contribution in [0.15, 0.2) is 18.2 Å². The Bertz CT molecular complexity index is 470. The van der Waals surface area contributed by atoms with Crippen molar-refractivity contribution in [2.75, 3.05) is 5.32 Å². The number of para-hydroxylation sites is 1. The van der Waals surface area contributed by atoms with E-state index in [9.17, 15) is 4.79 Å². The third-order valence-electron chi connectivity index (χ3n) is 3.21. The zero-order chi connectivity index (χ0) is 13.9. The predicted molar refractivity (Wildman–Crippen MR) is 80.0 cm³/mol. The number of hydrogen-bond acceptors (Lipinski definition) is 2. The fourth-order valence-electron chi connectivity index (χ4n) is 1.49. The smallest absolute Gasteiger partial charge is 0.237 e. The van der Waals surface area contributed by atoms with Crippen molar-refractivity contribution in [2.45, 2.75) is 27.2 Å². The van der Waals surface area contributed by atoms with E-state index in [0.29, 0.717) is 17.1 Å². The van der Waals surface area contributed by atoms with Crippen molar-refractivity contribution in [1.82, 2.24) is 0 Å². The number of carbonyl (C=O) groups excluding carboxylic acids is 1. The van der Waals surface area contributed by atoms with Crippen LogP contribution in [-0.4, -0.2) is 10.9 Å². The van der Waals surface area contributed by atoms with E-state index in [-0.39, 0.29) is 10.9 Å². The van der Waals surface area contributed by atoms with Crippen LogP contribution < -0.4 is 11.1 Å². The number of rotatable bonds is 4. The summed E-state index contributed by atoms with van der Waals surface area (Å²) in [5.41, 5.74) is 6.30. The molecule has 0 bridgehead atoms. The molecule has 3 nitrogen and oxygen atoms in total. The van der Waals surface area contributed by atoms with Gasteiger partial charge in [0.2, 0.25) is 5.91 Å². The molecule has 0 aromatic heterocycles. The zero-order valence-corrected chi connectivity index (χ0v) is 12.3. The summed E-state index contributed by atoms with van der Waals surface area (Å²) in [6.07, 6.45) is 0.539. The highest BCUT2D eigenvalue weighted by molar-refractivity contribution is 7.80. The molecule has 0 saturated carbocycles. The Morgan fingerprint density at radius 1 is 1.56 bits per heavy atom. The van der Waals surface area contributed by atoms with E-state index < -0.39 is 5.41 Å². The standard InChI is InChI=1S/C13H17ClN2OS/c1-4-13(3,11(15)18)12(17)16-10-8(2)6-5-7-9(10)14/h5-7H,4H2,1-3H3,(H2,15,18)(H,16,17). The molecule has 0 aliphatic carbocycles. The summed E-state index contributed by atoms with van der Waals surface area (Å²) in [5.74, 6) is -0.228. The molecular formula is C13H17ClN2OS. The number of halogens is 1. The lowest BCUT2D eigenvalue weighted by Gasteiger charge is -2.26. The average Bonchev–Trinajstić information content (AvgIpc) is 2.32. The first-order valence-electron chi connectivity index (χ1n) is 5.69. The molecule has 3 N–H and O–H groups in total. The Balaban J connectivity index is 3.05. The van der Waals surface area contributed by atoms with Gasteiger partial charge in [-0.25, -0.2) is 0 Å². The van der Waals surface area contributed by atoms with Crippen LogP contribution in [0.2, 0.25) is 5.02 Å². The van der Waals surface area contributed by atoms with Gasteiger partial charge in [-0.1, -0.05) is 42.9 Å². The van der Waals surface area contributed by atoms with Gasteiger partial charge in [-0.3, -0.25) is 4.79 Å². The predicted octanol–water partition coefficient (Wildman–Crippen LogP) is 3.29. The molecule has 1 unspecified atom stereocenters. The number of aryl methyl sites for hydroxylation is 1. The number of thiocarbonyl (C=S) groups is 1. The first kappa shape index (κ1) is 14.9. The molecule has 0 heterocycles. The maximum atomic E-state index is 12.3. The summed E-state index contributed by atoms with van der Waals surface area (Å²) < 4.78 is 0. The molecule has 1 aromatic carbocycles. The summed E-state index contributed by atoms with van der Waals surface area (Å²) in [7, 11) is 0. The van der Waals surface area contributed by atoms with Crippen molar-refractivity contribution in [2.24, 2.45) is 11.1 Å². The van der Waals surface area contributed by atoms with Crippen LogP contribution in [0.1, 0.15) is 25.8 Å². The molecule has 18 heavy (non-hydrogen) atoms. The highest BCUT2D eigenvalue weighted by atomic mass is 35.5. The topological polar surface area (TPSA) is 55.1 Å². The van der Waals surface area contributed by atoms with Crippen LogP contribution in [-0.2, 0) is 4.79 Å². The van der Waals surface area contributed by atoms with Crippen molar-refractivity contribution in [1.29, 1.82) is 0 Å². The Morgan fingerprint density at radius 3 is 2.61 bits per heavy atom. The largest absolute Gasteiger partial charge is 0.392 e. The maximum Gasteiger partial charge on any atom is 0.237 e. The number of hydrogen-bond donors (Lipinski definition) is 2. The van der Waals surface area contributed by atoms with Gasteiger partial charge in [-0.2, -0.15) is 0 Å². The second kappa shape index (κ2) is 5.67. The summed E-state index contributed by atoms with van der Waals surface area (Å²) in [5, 5.41) is 3.32. The fourth-order valence-corrected chi connectivity index (χ4v) is 1.99. The molecule has 0 aliphatic heterocycles. The molecule has 0 radical (unpaired) electrons. The number of carbonyl (C=O) groups is 1. The average molecular weight is 285 g/mol. The Kier molecular flexibility index (Phi) is 4.71. The molecule has 1 amide bonds. The minimum atomic E-state index is -0.860. The Hall–Kier alpha value is -1.13. The van der Waals surface area contributed by atoms with Crippen molar-refractivity contribution in [3.63, 3.8) is 0 Å². The molecule has 0 spiro atoms. The van der Waals surface area contributed by atoms with Crippen molar-refractivity contribution >= 4 is 40.4 Å². The molecule has 1 atom stereocenters. The molecular weight excluding hydrogens is 268 g/mol. The minimum absolute atomic E-state index is 0.187. The van der Waals surface area contributed by atoms with Crippen LogP contribution in [0.25, 0.3) is 0 Å². The van der Waals surface area contributed by atoms with Crippen molar-refractivity contribution < 1.29 is 4.79 Å². The third kappa shape index (κ3) is 2.82. The van der Waals surface area contributed by atoms with Gasteiger partial charge in [-0.15, -0.1) is 0 Å². The lowest BCUT2D eigenvalue weighted by Crippen LogP contribution is -2.43. The summed E-state index contributed by atoms with van der Waals surface area (Å²) in [4.78, 5) is 12.5. The highest BCUT2D eigenvalue weighted by Gasteiger charge is 2.35. The molecule has 1 rings (SSSR count). The molecule has 5 heteroatoms. The van der Waals surface area contributed by atoms with E-state index in [0.717, 1.165) is 5.56 Å². The molecule has 0 saturated heterocycles. The van der Waals surface area contributed by atoms with Crippen LogP contribution in [0.4, 0.5) is 5.69 Å². The SMILES string of the molecule is CCC(C)(C(=O)Nc1c(C)cccc1Cl)C(N)=S. The van der Waals surface area contributed by atoms with Gasteiger partial charge in [0, 0.05) is 0 Å². The van der Waals surface area contributed by atoms with Crippen LogP contribution in [0.5, 0.6) is 0 Å². The molecule has 0 fully saturated rings. The number of benzene rings is 1. The first-order valence-corrected chi connectivity index (χ1v) is 6.48. The fraction of sp³-hybridized carbons (Fsp3) is 0.385. The van der Waals surface area contributed by atoms with Gasteiger partial charge in [0.25, 0.3) is 0 Å². The highest BCUT2D eigenvalue weighted by Crippen LogP contribution is 2.29. The van der Waals surface area contributed by atoms with E-state index in [2.05, 4.69) is 5.32 Å². The second-order valence-electron chi connectivity index (χ2n) is 4.44. The van der Waals surface area contributed by atoms with Gasteiger partial charge < -0.3 is 11.1 Å². The van der Waals surface area contributed by atoms with Gasteiger partial charge in [0.1, 0.15) is 0 Å². The normalized spacial score (nSPS) is 13.8. The van der Waals surface area contributed by atoms with E-state index >= 15 is 0 Å². The summed E-state index contributed by atoms with van der Waals surface area (Å²) >= 11 is 11.0. The van der Waals surface area contributed by atoms with Gasteiger partial charge in [0.05, 0.1) is 21.1 Å². The minimum Gasteiger partial charge on any atom is -0.392 e. The number of nitrogens with two attached hydrogens (primary N) is 1. The second-order valence-corrected chi connectivity index (χ2v) is 5.28. The molecule has 1 aromatic rings. The molecule has 98 valence electrons. The van der Waals surface area contributed by atoms with Gasteiger partial charge in [0.15, 0.2) is 0 Å². The lowest BCUT2D eigenvalue weighted by molar-refractivity contribution is -0.121.